The Morgan fingerprint density at radius 3 is 2.02 bits per heavy atom. The van der Waals surface area contributed by atoms with Crippen molar-refractivity contribution in [3.8, 4) is 17.6 Å². The number of rotatable bonds is 9. The average Bonchev–Trinajstić information content (AvgIpc) is 2.87. The van der Waals surface area contributed by atoms with E-state index >= 15 is 0 Å². The Kier molecular flexibility index (Phi) is 10.7. The standard InChI is InChI=1S/C27H27ClF6N5O7P/c1-24(2,3)45-47(42,46-25(4,5)6)43-14-39-22(40)19(26(29,30)31)10-17(37-39)12-38-13-36-21(27(32,33)34)20(23(38)41)44-18-8-15(11-35)7-16(28)9-18/h7-10,13H,12,14H2,1-6H3. The molecule has 0 unspecified atom stereocenters. The van der Waals surface area contributed by atoms with E-state index < -0.39 is 84.2 Å². The van der Waals surface area contributed by atoms with Gasteiger partial charge in [-0.1, -0.05) is 11.6 Å². The van der Waals surface area contributed by atoms with Crippen LogP contribution in [0.4, 0.5) is 26.3 Å². The molecule has 256 valence electrons. The number of nitrogens with zero attached hydrogens (tertiary/aromatic N) is 5. The van der Waals surface area contributed by atoms with Gasteiger partial charge in [-0.05, 0) is 65.8 Å². The van der Waals surface area contributed by atoms with Crippen LogP contribution < -0.4 is 15.9 Å². The normalized spacial score (nSPS) is 13.0. The van der Waals surface area contributed by atoms with Gasteiger partial charge in [0.05, 0.1) is 41.4 Å². The van der Waals surface area contributed by atoms with Crippen molar-refractivity contribution in [1.29, 1.82) is 5.26 Å². The van der Waals surface area contributed by atoms with E-state index in [-0.39, 0.29) is 21.3 Å². The third-order valence-corrected chi connectivity index (χ3v) is 7.45. The number of phosphoric acid groups is 1. The SMILES string of the molecule is CC(C)(C)OP(=O)(OCn1nc(Cn2cnc(C(F)(F)F)c(Oc3cc(Cl)cc(C#N)c3)c2=O)cc(C(F)(F)F)c1=O)OC(C)(C)C. The second-order valence-corrected chi connectivity index (χ2v) is 13.7. The summed E-state index contributed by atoms with van der Waals surface area (Å²) in [5.41, 5.74) is -9.91. The average molecular weight is 714 g/mol. The Morgan fingerprint density at radius 2 is 1.51 bits per heavy atom. The quantitative estimate of drug-likeness (QED) is 0.169. The van der Waals surface area contributed by atoms with Crippen molar-refractivity contribution in [2.75, 3.05) is 0 Å². The number of aromatic nitrogens is 4. The lowest BCUT2D eigenvalue weighted by atomic mass is 10.2. The molecule has 0 aliphatic carbocycles. The zero-order valence-corrected chi connectivity index (χ0v) is 27.1. The van der Waals surface area contributed by atoms with Gasteiger partial charge >= 0.3 is 20.2 Å². The molecule has 20 heteroatoms. The number of hydrogen-bond donors (Lipinski definition) is 0. The van der Waals surface area contributed by atoms with E-state index in [1.165, 1.54) is 47.6 Å². The predicted molar refractivity (Wildman–Crippen MR) is 153 cm³/mol. The largest absolute Gasteiger partial charge is 0.477 e. The van der Waals surface area contributed by atoms with E-state index in [9.17, 15) is 40.5 Å². The lowest BCUT2D eigenvalue weighted by molar-refractivity contribution is -0.142. The molecular formula is C27H27ClF6N5O7P. The molecule has 1 aromatic carbocycles. The van der Waals surface area contributed by atoms with Gasteiger partial charge in [0, 0.05) is 5.02 Å². The Bertz CT molecular complexity index is 1840. The van der Waals surface area contributed by atoms with E-state index in [0.717, 1.165) is 12.1 Å². The van der Waals surface area contributed by atoms with Gasteiger partial charge in [-0.25, -0.2) is 14.2 Å². The fraction of sp³-hybridized carbons (Fsp3) is 0.444. The summed E-state index contributed by atoms with van der Waals surface area (Å²) in [5.74, 6) is -1.84. The molecule has 0 fully saturated rings. The van der Waals surface area contributed by atoms with Crippen LogP contribution in [0, 0.1) is 11.3 Å². The Morgan fingerprint density at radius 1 is 0.915 bits per heavy atom. The molecule has 0 N–H and O–H groups in total. The van der Waals surface area contributed by atoms with Crippen LogP contribution in [0.5, 0.6) is 11.5 Å². The Hall–Kier alpha value is -3.75. The topological polar surface area (TPSA) is 148 Å². The lowest BCUT2D eigenvalue weighted by Crippen LogP contribution is -2.34. The molecule has 0 atom stereocenters. The first kappa shape index (κ1) is 37.7. The third kappa shape index (κ3) is 10.4. The molecule has 2 aromatic heterocycles. The molecule has 0 aliphatic heterocycles. The molecular weight excluding hydrogens is 687 g/mol. The van der Waals surface area contributed by atoms with Crippen LogP contribution in [0.25, 0.3) is 0 Å². The number of nitriles is 1. The summed E-state index contributed by atoms with van der Waals surface area (Å²) >= 11 is 5.88. The monoisotopic (exact) mass is 713 g/mol. The Labute approximate surface area is 268 Å². The minimum Gasteiger partial charge on any atom is -0.449 e. The number of benzene rings is 1. The molecule has 0 radical (unpaired) electrons. The molecule has 0 saturated carbocycles. The van der Waals surface area contributed by atoms with Gasteiger partial charge in [0.25, 0.3) is 11.1 Å². The van der Waals surface area contributed by atoms with Crippen molar-refractivity contribution in [1.82, 2.24) is 19.3 Å². The molecule has 2 heterocycles. The maximum Gasteiger partial charge on any atom is 0.477 e. The maximum atomic E-state index is 13.9. The summed E-state index contributed by atoms with van der Waals surface area (Å²) in [4.78, 5) is 29.2. The molecule has 0 spiro atoms. The molecule has 3 aromatic rings. The summed E-state index contributed by atoms with van der Waals surface area (Å²) in [6.45, 7) is 6.79. The van der Waals surface area contributed by atoms with Crippen LogP contribution in [0.15, 0.2) is 40.2 Å². The van der Waals surface area contributed by atoms with E-state index in [0.29, 0.717) is 10.9 Å². The van der Waals surface area contributed by atoms with Gasteiger partial charge in [-0.3, -0.25) is 27.7 Å². The number of hydrogen-bond acceptors (Lipinski definition) is 10. The summed E-state index contributed by atoms with van der Waals surface area (Å²) in [6, 6.07) is 5.16. The third-order valence-electron chi connectivity index (χ3n) is 5.26. The summed E-state index contributed by atoms with van der Waals surface area (Å²) in [5, 5.41) is 12.8. The van der Waals surface area contributed by atoms with Crippen LogP contribution in [0.3, 0.4) is 0 Å². The minimum absolute atomic E-state index is 0.115. The van der Waals surface area contributed by atoms with Crippen LogP contribution in [-0.4, -0.2) is 30.5 Å². The van der Waals surface area contributed by atoms with Crippen LogP contribution in [0.2, 0.25) is 5.02 Å². The first-order valence-corrected chi connectivity index (χ1v) is 15.0. The number of alkyl halides is 6. The lowest BCUT2D eigenvalue weighted by Gasteiger charge is -2.30. The fourth-order valence-corrected chi connectivity index (χ4v) is 5.65. The smallest absolute Gasteiger partial charge is 0.449 e. The minimum atomic E-state index is -5.27. The molecule has 47 heavy (non-hydrogen) atoms. The highest BCUT2D eigenvalue weighted by Crippen LogP contribution is 2.55. The number of phosphoric ester groups is 1. The van der Waals surface area contributed by atoms with Gasteiger partial charge in [0.15, 0.2) is 12.4 Å². The van der Waals surface area contributed by atoms with Crippen molar-refractivity contribution in [3.63, 3.8) is 0 Å². The van der Waals surface area contributed by atoms with Crippen molar-refractivity contribution in [2.45, 2.75) is 78.4 Å². The molecule has 0 bridgehead atoms. The molecule has 0 amide bonds. The van der Waals surface area contributed by atoms with Gasteiger partial charge < -0.3 is 4.74 Å². The van der Waals surface area contributed by atoms with Crippen LogP contribution in [-0.2, 0) is 43.8 Å². The molecule has 12 nitrogen and oxygen atoms in total. The number of halogens is 7. The van der Waals surface area contributed by atoms with Gasteiger partial charge in [-0.15, -0.1) is 0 Å². The highest BCUT2D eigenvalue weighted by molar-refractivity contribution is 7.48. The highest BCUT2D eigenvalue weighted by atomic mass is 35.5. The van der Waals surface area contributed by atoms with Crippen LogP contribution >= 0.6 is 19.4 Å². The predicted octanol–water partition coefficient (Wildman–Crippen LogP) is 6.92. The van der Waals surface area contributed by atoms with E-state index in [2.05, 4.69) is 10.1 Å². The van der Waals surface area contributed by atoms with Gasteiger partial charge in [0.2, 0.25) is 5.75 Å². The summed E-state index contributed by atoms with van der Waals surface area (Å²) < 4.78 is 118. The zero-order valence-electron chi connectivity index (χ0n) is 25.5. The second kappa shape index (κ2) is 13.4. The van der Waals surface area contributed by atoms with E-state index in [1.54, 1.807) is 6.07 Å². The second-order valence-electron chi connectivity index (χ2n) is 11.7. The van der Waals surface area contributed by atoms with Crippen molar-refractivity contribution < 1.29 is 49.2 Å². The summed E-state index contributed by atoms with van der Waals surface area (Å²) in [6.07, 6.45) is -10.1. The van der Waals surface area contributed by atoms with Crippen molar-refractivity contribution in [2.24, 2.45) is 0 Å². The molecule has 3 rings (SSSR count). The van der Waals surface area contributed by atoms with Crippen molar-refractivity contribution >= 4 is 19.4 Å². The first-order chi connectivity index (χ1) is 21.3. The molecule has 0 saturated heterocycles. The van der Waals surface area contributed by atoms with Gasteiger partial charge in [-0.2, -0.15) is 36.7 Å². The van der Waals surface area contributed by atoms with Gasteiger partial charge in [0.1, 0.15) is 11.3 Å². The first-order valence-electron chi connectivity index (χ1n) is 13.2. The van der Waals surface area contributed by atoms with Crippen molar-refractivity contribution in [3.05, 3.63) is 78.8 Å². The summed E-state index contributed by atoms with van der Waals surface area (Å²) in [7, 11) is -4.56. The zero-order chi connectivity index (χ0) is 35.8. The van der Waals surface area contributed by atoms with Crippen LogP contribution in [0.1, 0.15) is 64.1 Å². The number of ether oxygens (including phenoxy) is 1. The Balaban J connectivity index is 2.11. The maximum absolute atomic E-state index is 13.9. The molecule has 0 aliphatic rings. The van der Waals surface area contributed by atoms with E-state index in [4.69, 9.17) is 35.2 Å². The highest BCUT2D eigenvalue weighted by Gasteiger charge is 2.40. The fourth-order valence-electron chi connectivity index (χ4n) is 3.69. The van der Waals surface area contributed by atoms with E-state index in [1.807, 2.05) is 0 Å².